The van der Waals surface area contributed by atoms with E-state index in [-0.39, 0.29) is 5.91 Å². The van der Waals surface area contributed by atoms with Crippen LogP contribution in [0.3, 0.4) is 0 Å². The molecule has 0 atom stereocenters. The minimum Gasteiger partial charge on any atom is -0.340 e. The van der Waals surface area contributed by atoms with Crippen molar-refractivity contribution in [1.29, 1.82) is 0 Å². The first kappa shape index (κ1) is 13.1. The van der Waals surface area contributed by atoms with Crippen molar-refractivity contribution in [2.24, 2.45) is 0 Å². The van der Waals surface area contributed by atoms with E-state index in [2.05, 4.69) is 10.3 Å². The molecule has 1 aromatic heterocycles. The lowest BCUT2D eigenvalue weighted by Crippen LogP contribution is -2.29. The number of amides is 1. The Morgan fingerprint density at radius 3 is 2.94 bits per heavy atom. The molecule has 1 heterocycles. The van der Waals surface area contributed by atoms with Crippen molar-refractivity contribution in [3.63, 3.8) is 0 Å². The molecule has 0 fully saturated rings. The molecule has 0 aliphatic carbocycles. The lowest BCUT2D eigenvalue weighted by molar-refractivity contribution is -0.130. The minimum atomic E-state index is 0.159. The van der Waals surface area contributed by atoms with Gasteiger partial charge in [0, 0.05) is 25.4 Å². The molecule has 0 radical (unpaired) electrons. The van der Waals surface area contributed by atoms with Crippen LogP contribution in [0.15, 0.2) is 5.38 Å². The zero-order valence-electron chi connectivity index (χ0n) is 10.1. The molecule has 0 unspecified atom stereocenters. The Bertz CT molecular complexity index is 338. The second kappa shape index (κ2) is 6.60. The number of hydrogen-bond donors (Lipinski definition) is 1. The number of hydrogen-bond acceptors (Lipinski definition) is 4. The normalized spacial score (nSPS) is 10.4. The maximum atomic E-state index is 11.7. The van der Waals surface area contributed by atoms with Crippen LogP contribution < -0.4 is 5.32 Å². The first-order valence-electron chi connectivity index (χ1n) is 5.49. The number of aryl methyl sites for hydroxylation is 1. The lowest BCUT2D eigenvalue weighted by atomic mass is 10.3. The number of nitrogens with zero attached hydrogens (tertiary/aromatic N) is 2. The lowest BCUT2D eigenvalue weighted by Gasteiger charge is -2.15. The van der Waals surface area contributed by atoms with Gasteiger partial charge in [0.1, 0.15) is 0 Å². The molecule has 90 valence electrons. The predicted molar refractivity (Wildman–Crippen MR) is 66.5 cm³/mol. The van der Waals surface area contributed by atoms with Crippen molar-refractivity contribution in [2.75, 3.05) is 20.1 Å². The summed E-state index contributed by atoms with van der Waals surface area (Å²) < 4.78 is 0. The molecule has 0 aromatic carbocycles. The van der Waals surface area contributed by atoms with Crippen LogP contribution in [0.25, 0.3) is 0 Å². The van der Waals surface area contributed by atoms with E-state index < -0.39 is 0 Å². The summed E-state index contributed by atoms with van der Waals surface area (Å²) in [6, 6.07) is 0. The fraction of sp³-hybridized carbons (Fsp3) is 0.636. The first-order chi connectivity index (χ1) is 7.63. The smallest absolute Gasteiger partial charge is 0.223 e. The third-order valence-electron chi connectivity index (χ3n) is 2.26. The van der Waals surface area contributed by atoms with E-state index in [9.17, 15) is 4.79 Å². The van der Waals surface area contributed by atoms with Crippen molar-refractivity contribution in [3.8, 4) is 0 Å². The van der Waals surface area contributed by atoms with Crippen LogP contribution in [0, 0.1) is 6.92 Å². The third-order valence-corrected chi connectivity index (χ3v) is 3.08. The largest absolute Gasteiger partial charge is 0.340 e. The molecular formula is C11H19N3OS. The van der Waals surface area contributed by atoms with E-state index in [1.54, 1.807) is 16.2 Å². The van der Waals surface area contributed by atoms with E-state index in [0.29, 0.717) is 13.0 Å². The molecule has 16 heavy (non-hydrogen) atoms. The van der Waals surface area contributed by atoms with Crippen LogP contribution in [0.1, 0.15) is 24.0 Å². The van der Waals surface area contributed by atoms with E-state index in [1.807, 2.05) is 26.3 Å². The highest BCUT2D eigenvalue weighted by Gasteiger charge is 2.09. The topological polar surface area (TPSA) is 45.2 Å². The van der Waals surface area contributed by atoms with Gasteiger partial charge in [-0.3, -0.25) is 4.79 Å². The van der Waals surface area contributed by atoms with Gasteiger partial charge in [0.2, 0.25) is 5.91 Å². The summed E-state index contributed by atoms with van der Waals surface area (Å²) in [7, 11) is 1.82. The molecule has 0 saturated carbocycles. The molecule has 5 heteroatoms. The summed E-state index contributed by atoms with van der Waals surface area (Å²) in [5.74, 6) is 0.159. The minimum absolute atomic E-state index is 0.159. The Balaban J connectivity index is 2.34. The standard InChI is InChI=1S/C11H19N3OS/c1-4-12-6-5-11(15)14(3)7-10-8-16-9(2)13-10/h8,12H,4-7H2,1-3H3. The zero-order valence-corrected chi connectivity index (χ0v) is 10.9. The van der Waals surface area contributed by atoms with Crippen LogP contribution in [0.4, 0.5) is 0 Å². The summed E-state index contributed by atoms with van der Waals surface area (Å²) in [5.41, 5.74) is 0.974. The summed E-state index contributed by atoms with van der Waals surface area (Å²) in [6.45, 7) is 6.26. The Hall–Kier alpha value is -0.940. The maximum Gasteiger partial charge on any atom is 0.223 e. The van der Waals surface area contributed by atoms with Crippen LogP contribution >= 0.6 is 11.3 Å². The van der Waals surface area contributed by atoms with E-state index in [4.69, 9.17) is 0 Å². The van der Waals surface area contributed by atoms with Crippen molar-refractivity contribution in [1.82, 2.24) is 15.2 Å². The number of aromatic nitrogens is 1. The number of carbonyl (C=O) groups excluding carboxylic acids is 1. The summed E-state index contributed by atoms with van der Waals surface area (Å²) in [4.78, 5) is 17.8. The molecule has 1 N–H and O–H groups in total. The number of nitrogens with one attached hydrogen (secondary N) is 1. The monoisotopic (exact) mass is 241 g/mol. The predicted octanol–water partition coefficient (Wildman–Crippen LogP) is 1.41. The van der Waals surface area contributed by atoms with Crippen molar-refractivity contribution < 1.29 is 4.79 Å². The van der Waals surface area contributed by atoms with Gasteiger partial charge in [-0.1, -0.05) is 6.92 Å². The van der Waals surface area contributed by atoms with Gasteiger partial charge in [-0.05, 0) is 13.5 Å². The average molecular weight is 241 g/mol. The summed E-state index contributed by atoms with van der Waals surface area (Å²) >= 11 is 1.62. The van der Waals surface area contributed by atoms with Crippen molar-refractivity contribution in [3.05, 3.63) is 16.1 Å². The van der Waals surface area contributed by atoms with Gasteiger partial charge < -0.3 is 10.2 Å². The van der Waals surface area contributed by atoms with E-state index in [0.717, 1.165) is 23.8 Å². The molecule has 0 saturated heterocycles. The fourth-order valence-corrected chi connectivity index (χ4v) is 1.98. The Kier molecular flexibility index (Phi) is 5.42. The average Bonchev–Trinajstić information content (AvgIpc) is 2.64. The molecule has 1 aromatic rings. The quantitative estimate of drug-likeness (QED) is 0.766. The molecule has 0 bridgehead atoms. The third kappa shape index (κ3) is 4.28. The van der Waals surface area contributed by atoms with Crippen molar-refractivity contribution >= 4 is 17.2 Å². The fourth-order valence-electron chi connectivity index (χ4n) is 1.37. The SMILES string of the molecule is CCNCCC(=O)N(C)Cc1csc(C)n1. The Morgan fingerprint density at radius 2 is 2.38 bits per heavy atom. The van der Waals surface area contributed by atoms with Crippen LogP contribution in [-0.2, 0) is 11.3 Å². The molecular weight excluding hydrogens is 222 g/mol. The number of carbonyl (C=O) groups is 1. The summed E-state index contributed by atoms with van der Waals surface area (Å²) in [5, 5.41) is 6.19. The number of thiazole rings is 1. The number of rotatable bonds is 6. The van der Waals surface area contributed by atoms with Gasteiger partial charge in [0.15, 0.2) is 0 Å². The molecule has 0 aliphatic rings. The van der Waals surface area contributed by atoms with Gasteiger partial charge in [-0.25, -0.2) is 4.98 Å². The van der Waals surface area contributed by atoms with E-state index >= 15 is 0 Å². The van der Waals surface area contributed by atoms with Crippen LogP contribution in [0.5, 0.6) is 0 Å². The molecule has 0 spiro atoms. The first-order valence-corrected chi connectivity index (χ1v) is 6.37. The molecule has 1 amide bonds. The van der Waals surface area contributed by atoms with Gasteiger partial charge in [0.25, 0.3) is 0 Å². The molecule has 1 rings (SSSR count). The van der Waals surface area contributed by atoms with Gasteiger partial charge in [-0.2, -0.15) is 0 Å². The molecule has 4 nitrogen and oxygen atoms in total. The zero-order chi connectivity index (χ0) is 12.0. The van der Waals surface area contributed by atoms with Gasteiger partial charge in [-0.15, -0.1) is 11.3 Å². The Morgan fingerprint density at radius 1 is 1.62 bits per heavy atom. The molecule has 0 aliphatic heterocycles. The Labute approximate surface area is 101 Å². The van der Waals surface area contributed by atoms with Crippen molar-refractivity contribution in [2.45, 2.75) is 26.8 Å². The van der Waals surface area contributed by atoms with Gasteiger partial charge in [0.05, 0.1) is 17.2 Å². The second-order valence-corrected chi connectivity index (χ2v) is 4.77. The van der Waals surface area contributed by atoms with Gasteiger partial charge >= 0.3 is 0 Å². The highest BCUT2D eigenvalue weighted by atomic mass is 32.1. The highest BCUT2D eigenvalue weighted by Crippen LogP contribution is 2.09. The summed E-state index contributed by atoms with van der Waals surface area (Å²) in [6.07, 6.45) is 0.549. The second-order valence-electron chi connectivity index (χ2n) is 3.71. The van der Waals surface area contributed by atoms with Crippen LogP contribution in [0.2, 0.25) is 0 Å². The van der Waals surface area contributed by atoms with E-state index in [1.165, 1.54) is 0 Å². The van der Waals surface area contributed by atoms with Crippen LogP contribution in [-0.4, -0.2) is 35.9 Å². The highest BCUT2D eigenvalue weighted by molar-refractivity contribution is 7.09. The maximum absolute atomic E-state index is 11.7.